The van der Waals surface area contributed by atoms with Crippen LogP contribution in [-0.2, 0) is 23.3 Å². The summed E-state index contributed by atoms with van der Waals surface area (Å²) >= 11 is 0. The Hall–Kier alpha value is -1.94. The first-order chi connectivity index (χ1) is 13.6. The Labute approximate surface area is 177 Å². The van der Waals surface area contributed by atoms with Crippen LogP contribution in [-0.4, -0.2) is 73.4 Å². The summed E-state index contributed by atoms with van der Waals surface area (Å²) in [6.07, 6.45) is 1.98. The Morgan fingerprint density at radius 3 is 2.30 bits per heavy atom. The van der Waals surface area contributed by atoms with Gasteiger partial charge in [-0.1, -0.05) is 0 Å². The highest BCUT2D eigenvalue weighted by Gasteiger charge is 2.60. The summed E-state index contributed by atoms with van der Waals surface area (Å²) in [7, 11) is -2.07. The Kier molecular flexibility index (Phi) is 5.34. The van der Waals surface area contributed by atoms with Crippen molar-refractivity contribution in [3.63, 3.8) is 0 Å². The predicted octanol–water partition coefficient (Wildman–Crippen LogP) is 1.39. The van der Waals surface area contributed by atoms with Gasteiger partial charge in [0, 0.05) is 25.7 Å². The number of hydrogen-bond acceptors (Lipinski definition) is 6. The number of aliphatic hydroxyl groups is 1. The van der Waals surface area contributed by atoms with E-state index in [1.165, 1.54) is 16.6 Å². The summed E-state index contributed by atoms with van der Waals surface area (Å²) in [5.74, 6) is -1.56. The topological polar surface area (TPSA) is 130 Å². The summed E-state index contributed by atoms with van der Waals surface area (Å²) in [5, 5.41) is 23.3. The molecule has 0 saturated heterocycles. The zero-order valence-electron chi connectivity index (χ0n) is 18.2. The molecule has 1 aliphatic carbocycles. The van der Waals surface area contributed by atoms with Gasteiger partial charge >= 0.3 is 5.97 Å². The maximum Gasteiger partial charge on any atom is 0.356 e. The largest absolute Gasteiger partial charge is 0.476 e. The third-order valence-electron chi connectivity index (χ3n) is 6.39. The molecular weight excluding hydrogens is 410 g/mol. The molecule has 0 spiro atoms. The van der Waals surface area contributed by atoms with Gasteiger partial charge in [0.2, 0.25) is 0 Å². The minimum Gasteiger partial charge on any atom is -0.476 e. The molecule has 1 aromatic heterocycles. The third kappa shape index (κ3) is 3.75. The van der Waals surface area contributed by atoms with Gasteiger partial charge in [0.05, 0.1) is 15.1 Å². The molecule has 1 saturated carbocycles. The zero-order chi connectivity index (χ0) is 22.7. The van der Waals surface area contributed by atoms with Gasteiger partial charge in [0.25, 0.3) is 5.91 Å². The summed E-state index contributed by atoms with van der Waals surface area (Å²) in [6.45, 7) is 7.04. The van der Waals surface area contributed by atoms with Crippen LogP contribution in [0.15, 0.2) is 0 Å². The standard InChI is InChI=1S/C20H31N3O6S/c1-18(2,27)7-8-19(3,4)30(28,29)20(9-10-20)12-23-11-6-13-14(17(25)26)21-22(5)15(13)16(23)24/h27H,6-12H2,1-5H3,(H,25,26). The van der Waals surface area contributed by atoms with Gasteiger partial charge in [0.1, 0.15) is 5.69 Å². The van der Waals surface area contributed by atoms with E-state index in [9.17, 15) is 28.2 Å². The molecule has 0 bridgehead atoms. The van der Waals surface area contributed by atoms with Crippen LogP contribution >= 0.6 is 0 Å². The number of carbonyl (C=O) groups is 2. The smallest absolute Gasteiger partial charge is 0.356 e. The van der Waals surface area contributed by atoms with Gasteiger partial charge < -0.3 is 15.1 Å². The van der Waals surface area contributed by atoms with Crippen LogP contribution in [0.25, 0.3) is 0 Å². The molecule has 0 radical (unpaired) electrons. The molecule has 1 amide bonds. The van der Waals surface area contributed by atoms with Gasteiger partial charge in [-0.05, 0) is 59.8 Å². The second-order valence-electron chi connectivity index (χ2n) is 9.84. The summed E-state index contributed by atoms with van der Waals surface area (Å²) in [6, 6.07) is 0. The Balaban J connectivity index is 1.83. The molecule has 0 unspecified atom stereocenters. The molecule has 30 heavy (non-hydrogen) atoms. The van der Waals surface area contributed by atoms with E-state index in [1.54, 1.807) is 27.7 Å². The third-order valence-corrected chi connectivity index (χ3v) is 9.73. The second-order valence-corrected chi connectivity index (χ2v) is 12.8. The van der Waals surface area contributed by atoms with Gasteiger partial charge in [-0.25, -0.2) is 13.2 Å². The number of sulfone groups is 1. The van der Waals surface area contributed by atoms with Crippen LogP contribution in [0.3, 0.4) is 0 Å². The number of fused-ring (bicyclic) bond motifs is 1. The fourth-order valence-corrected chi connectivity index (χ4v) is 6.73. The lowest BCUT2D eigenvalue weighted by Crippen LogP contribution is -2.50. The number of amides is 1. The van der Waals surface area contributed by atoms with E-state index >= 15 is 0 Å². The Morgan fingerprint density at radius 2 is 1.80 bits per heavy atom. The fourth-order valence-electron chi connectivity index (χ4n) is 4.22. The molecule has 3 rings (SSSR count). The Morgan fingerprint density at radius 1 is 1.20 bits per heavy atom. The maximum absolute atomic E-state index is 13.5. The number of aryl methyl sites for hydroxylation is 1. The predicted molar refractivity (Wildman–Crippen MR) is 110 cm³/mol. The SMILES string of the molecule is Cn1nc(C(=O)O)c2c1C(=O)N(CC1(S(=O)(=O)C(C)(C)CCC(C)(C)O)CC1)CC2. The summed E-state index contributed by atoms with van der Waals surface area (Å²) in [5.41, 5.74) is -0.455. The van der Waals surface area contributed by atoms with Crippen molar-refractivity contribution in [3.8, 4) is 0 Å². The Bertz CT molecular complexity index is 983. The minimum atomic E-state index is -3.59. The van der Waals surface area contributed by atoms with Crippen molar-refractivity contribution in [1.82, 2.24) is 14.7 Å². The number of nitrogens with zero attached hydrogens (tertiary/aromatic N) is 3. The number of aromatic carboxylic acids is 1. The molecule has 168 valence electrons. The van der Waals surface area contributed by atoms with E-state index in [-0.39, 0.29) is 30.4 Å². The van der Waals surface area contributed by atoms with E-state index in [4.69, 9.17) is 0 Å². The van der Waals surface area contributed by atoms with E-state index < -0.39 is 30.9 Å². The molecule has 10 heteroatoms. The average Bonchev–Trinajstić information content (AvgIpc) is 3.32. The van der Waals surface area contributed by atoms with Gasteiger partial charge in [-0.3, -0.25) is 9.48 Å². The highest BCUT2D eigenvalue weighted by Crippen LogP contribution is 2.50. The van der Waals surface area contributed by atoms with Crippen molar-refractivity contribution in [1.29, 1.82) is 0 Å². The fraction of sp³-hybridized carbons (Fsp3) is 0.750. The first-order valence-electron chi connectivity index (χ1n) is 10.2. The molecule has 2 aliphatic rings. The van der Waals surface area contributed by atoms with Crippen LogP contribution in [0.1, 0.15) is 79.9 Å². The number of carboxylic acids is 1. The van der Waals surface area contributed by atoms with E-state index in [1.807, 2.05) is 0 Å². The minimum absolute atomic E-state index is 0.0904. The van der Waals surface area contributed by atoms with E-state index in [0.29, 0.717) is 37.7 Å². The highest BCUT2D eigenvalue weighted by molar-refractivity contribution is 7.94. The normalized spacial score (nSPS) is 19.0. The molecule has 2 N–H and O–H groups in total. The second kappa shape index (κ2) is 7.05. The lowest BCUT2D eigenvalue weighted by molar-refractivity contribution is 0.0659. The van der Waals surface area contributed by atoms with Crippen LogP contribution in [0.5, 0.6) is 0 Å². The molecule has 0 atom stereocenters. The first-order valence-corrected chi connectivity index (χ1v) is 11.7. The number of rotatable bonds is 8. The number of carbonyl (C=O) groups excluding carboxylic acids is 1. The lowest BCUT2D eigenvalue weighted by Gasteiger charge is -2.36. The molecule has 1 aliphatic heterocycles. The quantitative estimate of drug-likeness (QED) is 0.623. The van der Waals surface area contributed by atoms with Crippen molar-refractivity contribution in [2.45, 2.75) is 74.9 Å². The molecular formula is C20H31N3O6S. The average molecular weight is 442 g/mol. The van der Waals surface area contributed by atoms with Gasteiger partial charge in [-0.15, -0.1) is 0 Å². The van der Waals surface area contributed by atoms with Crippen molar-refractivity contribution < 1.29 is 28.2 Å². The molecule has 9 nitrogen and oxygen atoms in total. The molecule has 0 aromatic carbocycles. The highest BCUT2D eigenvalue weighted by atomic mass is 32.2. The molecule has 1 aromatic rings. The van der Waals surface area contributed by atoms with Gasteiger partial charge in [-0.2, -0.15) is 5.10 Å². The van der Waals surface area contributed by atoms with Crippen molar-refractivity contribution in [2.75, 3.05) is 13.1 Å². The van der Waals surface area contributed by atoms with Crippen LogP contribution in [0.2, 0.25) is 0 Å². The van der Waals surface area contributed by atoms with Gasteiger partial charge in [0.15, 0.2) is 15.5 Å². The number of carboxylic acid groups (broad SMARTS) is 1. The van der Waals surface area contributed by atoms with Crippen LogP contribution in [0, 0.1) is 0 Å². The maximum atomic E-state index is 13.5. The van der Waals surface area contributed by atoms with E-state index in [0.717, 1.165) is 0 Å². The zero-order valence-corrected chi connectivity index (χ0v) is 19.0. The van der Waals surface area contributed by atoms with Crippen LogP contribution < -0.4 is 0 Å². The van der Waals surface area contributed by atoms with E-state index in [2.05, 4.69) is 5.10 Å². The number of aromatic nitrogens is 2. The van der Waals surface area contributed by atoms with Crippen molar-refractivity contribution in [3.05, 3.63) is 17.0 Å². The lowest BCUT2D eigenvalue weighted by atomic mass is 9.97. The monoisotopic (exact) mass is 441 g/mol. The van der Waals surface area contributed by atoms with Crippen LogP contribution in [0.4, 0.5) is 0 Å². The first kappa shape index (κ1) is 22.7. The summed E-state index contributed by atoms with van der Waals surface area (Å²) in [4.78, 5) is 26.0. The van der Waals surface area contributed by atoms with Crippen molar-refractivity contribution >= 4 is 21.7 Å². The molecule has 2 heterocycles. The van der Waals surface area contributed by atoms with Crippen molar-refractivity contribution in [2.24, 2.45) is 7.05 Å². The summed E-state index contributed by atoms with van der Waals surface area (Å²) < 4.78 is 26.3. The number of hydrogen-bond donors (Lipinski definition) is 2. The molecule has 1 fully saturated rings.